The summed E-state index contributed by atoms with van der Waals surface area (Å²) in [4.78, 5) is 0. The van der Waals surface area contributed by atoms with E-state index in [1.54, 1.807) is 0 Å². The van der Waals surface area contributed by atoms with Crippen molar-refractivity contribution in [2.45, 2.75) is 37.5 Å². The van der Waals surface area contributed by atoms with Crippen molar-refractivity contribution in [2.75, 3.05) is 13.1 Å². The second-order valence-electron chi connectivity index (χ2n) is 3.54. The minimum atomic E-state index is -0.124. The molecule has 3 heteroatoms. The van der Waals surface area contributed by atoms with Crippen molar-refractivity contribution < 1.29 is 5.11 Å². The fraction of sp³-hybridized carbons (Fsp3) is 1.00. The zero-order valence-electron chi connectivity index (χ0n) is 6.71. The van der Waals surface area contributed by atoms with Gasteiger partial charge in [0.25, 0.3) is 0 Å². The molecule has 2 aliphatic rings. The summed E-state index contributed by atoms with van der Waals surface area (Å²) in [6.45, 7) is 2.05. The minimum absolute atomic E-state index is 0.124. The summed E-state index contributed by atoms with van der Waals surface area (Å²) >= 11 is 0. The van der Waals surface area contributed by atoms with Crippen LogP contribution in [0.25, 0.3) is 0 Å². The van der Waals surface area contributed by atoms with E-state index in [2.05, 4.69) is 10.6 Å². The third-order valence-corrected chi connectivity index (χ3v) is 2.77. The van der Waals surface area contributed by atoms with Gasteiger partial charge in [0.2, 0.25) is 0 Å². The van der Waals surface area contributed by atoms with Gasteiger partial charge in [0.15, 0.2) is 0 Å². The number of nitrogens with one attached hydrogen (secondary N) is 2. The summed E-state index contributed by atoms with van der Waals surface area (Å²) in [5.41, 5.74) is 0. The van der Waals surface area contributed by atoms with E-state index in [4.69, 9.17) is 0 Å². The Labute approximate surface area is 67.2 Å². The highest BCUT2D eigenvalue weighted by Gasteiger charge is 2.33. The first-order valence-electron chi connectivity index (χ1n) is 4.53. The molecule has 64 valence electrons. The van der Waals surface area contributed by atoms with Crippen LogP contribution in [0.4, 0.5) is 0 Å². The van der Waals surface area contributed by atoms with Gasteiger partial charge in [0.1, 0.15) is 0 Å². The van der Waals surface area contributed by atoms with Crippen molar-refractivity contribution in [3.05, 3.63) is 0 Å². The highest BCUT2D eigenvalue weighted by atomic mass is 16.3. The molecule has 3 N–H and O–H groups in total. The largest absolute Gasteiger partial charge is 0.391 e. The number of aliphatic hydroxyl groups excluding tert-OH is 1. The van der Waals surface area contributed by atoms with Gasteiger partial charge >= 0.3 is 0 Å². The molecule has 0 aromatic rings. The van der Waals surface area contributed by atoms with Crippen molar-refractivity contribution in [3.8, 4) is 0 Å². The first-order chi connectivity index (χ1) is 5.38. The molecular weight excluding hydrogens is 140 g/mol. The molecule has 1 heterocycles. The standard InChI is InChI=1S/C8H16N2O/c11-7-3-1-2-6-8(7)10-5-4-9-6/h6-11H,1-5H2/t6-,7+,8-/m0/s1. The lowest BCUT2D eigenvalue weighted by Crippen LogP contribution is -2.62. The second kappa shape index (κ2) is 3.09. The average Bonchev–Trinajstić information content (AvgIpc) is 2.06. The highest BCUT2D eigenvalue weighted by Crippen LogP contribution is 2.20. The molecule has 3 atom stereocenters. The van der Waals surface area contributed by atoms with Crippen LogP contribution >= 0.6 is 0 Å². The van der Waals surface area contributed by atoms with E-state index in [-0.39, 0.29) is 6.10 Å². The van der Waals surface area contributed by atoms with E-state index < -0.39 is 0 Å². The Morgan fingerprint density at radius 1 is 1.09 bits per heavy atom. The van der Waals surface area contributed by atoms with Crippen LogP contribution in [0.1, 0.15) is 19.3 Å². The Morgan fingerprint density at radius 3 is 2.73 bits per heavy atom. The predicted octanol–water partition coefficient (Wildman–Crippen LogP) is -0.539. The SMILES string of the molecule is O[C@@H]1CCC[C@@H]2NCCN[C@H]12. The molecule has 0 bridgehead atoms. The summed E-state index contributed by atoms with van der Waals surface area (Å²) in [5, 5.41) is 16.4. The van der Waals surface area contributed by atoms with Crippen LogP contribution in [0.3, 0.4) is 0 Å². The molecule has 3 nitrogen and oxygen atoms in total. The Kier molecular flexibility index (Phi) is 2.11. The van der Waals surface area contributed by atoms with E-state index >= 15 is 0 Å². The number of rotatable bonds is 0. The lowest BCUT2D eigenvalue weighted by atomic mass is 9.87. The fourth-order valence-electron chi connectivity index (χ4n) is 2.18. The molecule has 2 fully saturated rings. The van der Waals surface area contributed by atoms with Crippen molar-refractivity contribution in [2.24, 2.45) is 0 Å². The summed E-state index contributed by atoms with van der Waals surface area (Å²) in [6.07, 6.45) is 3.23. The molecule has 0 radical (unpaired) electrons. The summed E-state index contributed by atoms with van der Waals surface area (Å²) in [7, 11) is 0. The fourth-order valence-corrected chi connectivity index (χ4v) is 2.18. The quantitative estimate of drug-likeness (QED) is 0.441. The number of piperazine rings is 1. The molecule has 2 rings (SSSR count). The number of hydrogen-bond acceptors (Lipinski definition) is 3. The number of aliphatic hydroxyl groups is 1. The van der Waals surface area contributed by atoms with Crippen LogP contribution in [0.15, 0.2) is 0 Å². The van der Waals surface area contributed by atoms with Crippen LogP contribution in [0.5, 0.6) is 0 Å². The van der Waals surface area contributed by atoms with Crippen LogP contribution in [0, 0.1) is 0 Å². The maximum Gasteiger partial charge on any atom is 0.0708 e. The van der Waals surface area contributed by atoms with Crippen molar-refractivity contribution >= 4 is 0 Å². The molecule has 0 aromatic carbocycles. The molecule has 1 aliphatic heterocycles. The van der Waals surface area contributed by atoms with Gasteiger partial charge in [0.05, 0.1) is 6.10 Å². The lowest BCUT2D eigenvalue weighted by Gasteiger charge is -2.40. The molecule has 11 heavy (non-hydrogen) atoms. The van der Waals surface area contributed by atoms with Crippen LogP contribution in [-0.4, -0.2) is 36.4 Å². The van der Waals surface area contributed by atoms with Crippen LogP contribution in [0.2, 0.25) is 0 Å². The Morgan fingerprint density at radius 2 is 1.91 bits per heavy atom. The van der Waals surface area contributed by atoms with Gasteiger partial charge in [-0.3, -0.25) is 0 Å². The highest BCUT2D eigenvalue weighted by molar-refractivity contribution is 4.94. The van der Waals surface area contributed by atoms with Crippen molar-refractivity contribution in [1.29, 1.82) is 0 Å². The van der Waals surface area contributed by atoms with Gasteiger partial charge in [-0.25, -0.2) is 0 Å². The van der Waals surface area contributed by atoms with E-state index in [0.717, 1.165) is 25.9 Å². The van der Waals surface area contributed by atoms with Crippen molar-refractivity contribution in [1.82, 2.24) is 10.6 Å². The van der Waals surface area contributed by atoms with Gasteiger partial charge in [-0.1, -0.05) is 0 Å². The zero-order valence-corrected chi connectivity index (χ0v) is 6.71. The summed E-state index contributed by atoms with van der Waals surface area (Å²) < 4.78 is 0. The zero-order chi connectivity index (χ0) is 7.68. The topological polar surface area (TPSA) is 44.3 Å². The summed E-state index contributed by atoms with van der Waals surface area (Å²) in [5.74, 6) is 0. The predicted molar refractivity (Wildman–Crippen MR) is 43.4 cm³/mol. The van der Waals surface area contributed by atoms with Crippen LogP contribution < -0.4 is 10.6 Å². The Bertz CT molecular complexity index is 138. The van der Waals surface area contributed by atoms with E-state index in [9.17, 15) is 5.11 Å². The molecule has 0 unspecified atom stereocenters. The normalized spacial score (nSPS) is 45.0. The Hall–Kier alpha value is -0.120. The molecule has 0 spiro atoms. The van der Waals surface area contributed by atoms with Gasteiger partial charge < -0.3 is 15.7 Å². The minimum Gasteiger partial charge on any atom is -0.391 e. The second-order valence-corrected chi connectivity index (χ2v) is 3.54. The molecule has 0 amide bonds. The molecule has 0 aromatic heterocycles. The number of fused-ring (bicyclic) bond motifs is 1. The first kappa shape index (κ1) is 7.53. The first-order valence-corrected chi connectivity index (χ1v) is 4.53. The van der Waals surface area contributed by atoms with Crippen molar-refractivity contribution in [3.63, 3.8) is 0 Å². The van der Waals surface area contributed by atoms with E-state index in [0.29, 0.717) is 12.1 Å². The smallest absolute Gasteiger partial charge is 0.0708 e. The van der Waals surface area contributed by atoms with E-state index in [1.807, 2.05) is 0 Å². The lowest BCUT2D eigenvalue weighted by molar-refractivity contribution is 0.0606. The third-order valence-electron chi connectivity index (χ3n) is 2.77. The Balaban J connectivity index is 1.99. The molecule has 1 saturated heterocycles. The molecule has 1 saturated carbocycles. The van der Waals surface area contributed by atoms with Gasteiger partial charge in [-0.05, 0) is 19.3 Å². The van der Waals surface area contributed by atoms with Gasteiger partial charge in [-0.2, -0.15) is 0 Å². The monoisotopic (exact) mass is 156 g/mol. The third kappa shape index (κ3) is 1.41. The van der Waals surface area contributed by atoms with Gasteiger partial charge in [0, 0.05) is 25.2 Å². The summed E-state index contributed by atoms with van der Waals surface area (Å²) in [6, 6.07) is 0.838. The van der Waals surface area contributed by atoms with Crippen LogP contribution in [-0.2, 0) is 0 Å². The molecular formula is C8H16N2O. The maximum absolute atomic E-state index is 9.60. The number of hydrogen-bond donors (Lipinski definition) is 3. The maximum atomic E-state index is 9.60. The van der Waals surface area contributed by atoms with Gasteiger partial charge in [-0.15, -0.1) is 0 Å². The molecule has 1 aliphatic carbocycles. The average molecular weight is 156 g/mol. The van der Waals surface area contributed by atoms with E-state index in [1.165, 1.54) is 6.42 Å².